The minimum absolute atomic E-state index is 0.741. The smallest absolute Gasteiger partial charge is 0.00722 e. The summed E-state index contributed by atoms with van der Waals surface area (Å²) in [5.74, 6) is 2.19. The van der Waals surface area contributed by atoms with E-state index >= 15 is 0 Å². The van der Waals surface area contributed by atoms with Crippen LogP contribution < -0.4 is 5.32 Å². The summed E-state index contributed by atoms with van der Waals surface area (Å²) in [5, 5.41) is 3.91. The quantitative estimate of drug-likeness (QED) is 0.605. The average Bonchev–Trinajstić information content (AvgIpc) is 3.19. The van der Waals surface area contributed by atoms with E-state index in [2.05, 4.69) is 19.2 Å². The lowest BCUT2D eigenvalue weighted by Crippen LogP contribution is -2.40. The van der Waals surface area contributed by atoms with Gasteiger partial charge in [0.1, 0.15) is 0 Å². The number of hydrogen-bond acceptors (Lipinski definition) is 1. The zero-order chi connectivity index (χ0) is 12.8. The third kappa shape index (κ3) is 4.91. The van der Waals surface area contributed by atoms with Crippen molar-refractivity contribution in [2.24, 2.45) is 11.8 Å². The van der Waals surface area contributed by atoms with Crippen LogP contribution in [-0.4, -0.2) is 12.1 Å². The summed E-state index contributed by atoms with van der Waals surface area (Å²) in [5.41, 5.74) is 0. The molecule has 2 aliphatic rings. The fourth-order valence-corrected chi connectivity index (χ4v) is 3.74. The maximum atomic E-state index is 3.91. The SMILES string of the molecule is CCCCCCC(C)NC1CCCC(C2CC2)C1. The second kappa shape index (κ2) is 7.53. The summed E-state index contributed by atoms with van der Waals surface area (Å²) in [6.45, 7) is 4.69. The van der Waals surface area contributed by atoms with Crippen molar-refractivity contribution in [2.75, 3.05) is 0 Å². The van der Waals surface area contributed by atoms with E-state index < -0.39 is 0 Å². The Bertz CT molecular complexity index is 222. The first-order chi connectivity index (χ1) is 8.79. The lowest BCUT2D eigenvalue weighted by Gasteiger charge is -2.32. The predicted octanol–water partition coefficient (Wildman–Crippen LogP) is 4.90. The monoisotopic (exact) mass is 251 g/mol. The molecule has 106 valence electrons. The van der Waals surface area contributed by atoms with Gasteiger partial charge >= 0.3 is 0 Å². The summed E-state index contributed by atoms with van der Waals surface area (Å²) in [4.78, 5) is 0. The van der Waals surface area contributed by atoms with Crippen LogP contribution in [0.15, 0.2) is 0 Å². The normalized spacial score (nSPS) is 30.3. The summed E-state index contributed by atoms with van der Waals surface area (Å²) < 4.78 is 0. The highest BCUT2D eigenvalue weighted by Crippen LogP contribution is 2.43. The molecule has 18 heavy (non-hydrogen) atoms. The molecule has 0 aromatic rings. The number of hydrogen-bond donors (Lipinski definition) is 1. The number of rotatable bonds is 8. The molecule has 0 amide bonds. The fraction of sp³-hybridized carbons (Fsp3) is 1.00. The Morgan fingerprint density at radius 2 is 1.83 bits per heavy atom. The molecule has 1 N–H and O–H groups in total. The lowest BCUT2D eigenvalue weighted by atomic mass is 9.82. The van der Waals surface area contributed by atoms with E-state index in [0.717, 1.165) is 23.9 Å². The largest absolute Gasteiger partial charge is 0.311 e. The molecule has 2 saturated carbocycles. The molecule has 0 aliphatic heterocycles. The molecule has 1 heteroatoms. The van der Waals surface area contributed by atoms with Crippen LogP contribution in [0, 0.1) is 11.8 Å². The minimum Gasteiger partial charge on any atom is -0.311 e. The van der Waals surface area contributed by atoms with E-state index in [1.807, 2.05) is 0 Å². The maximum absolute atomic E-state index is 3.91. The van der Waals surface area contributed by atoms with Gasteiger partial charge < -0.3 is 5.32 Å². The molecule has 3 atom stereocenters. The zero-order valence-electron chi connectivity index (χ0n) is 12.6. The minimum atomic E-state index is 0.741. The fourth-order valence-electron chi connectivity index (χ4n) is 3.74. The molecule has 2 aliphatic carbocycles. The van der Waals surface area contributed by atoms with Gasteiger partial charge in [0, 0.05) is 12.1 Å². The Hall–Kier alpha value is -0.0400. The molecular formula is C17H33N. The van der Waals surface area contributed by atoms with Crippen LogP contribution in [0.1, 0.15) is 84.5 Å². The molecule has 2 fully saturated rings. The summed E-state index contributed by atoms with van der Waals surface area (Å²) in [6.07, 6.45) is 16.0. The molecule has 3 unspecified atom stereocenters. The van der Waals surface area contributed by atoms with Gasteiger partial charge in [0.25, 0.3) is 0 Å². The topological polar surface area (TPSA) is 12.0 Å². The average molecular weight is 251 g/mol. The van der Waals surface area contributed by atoms with Crippen molar-refractivity contribution < 1.29 is 0 Å². The van der Waals surface area contributed by atoms with Gasteiger partial charge in [-0.05, 0) is 50.9 Å². The highest BCUT2D eigenvalue weighted by molar-refractivity contribution is 4.88. The van der Waals surface area contributed by atoms with Gasteiger partial charge in [-0.15, -0.1) is 0 Å². The molecule has 1 nitrogen and oxygen atoms in total. The van der Waals surface area contributed by atoms with Crippen LogP contribution >= 0.6 is 0 Å². The van der Waals surface area contributed by atoms with Gasteiger partial charge in [-0.3, -0.25) is 0 Å². The Morgan fingerprint density at radius 3 is 2.56 bits per heavy atom. The number of unbranched alkanes of at least 4 members (excludes halogenated alkanes) is 3. The molecule has 0 aromatic carbocycles. The lowest BCUT2D eigenvalue weighted by molar-refractivity contribution is 0.245. The van der Waals surface area contributed by atoms with Crippen molar-refractivity contribution >= 4 is 0 Å². The van der Waals surface area contributed by atoms with E-state index in [9.17, 15) is 0 Å². The second-order valence-corrected chi connectivity index (χ2v) is 6.88. The van der Waals surface area contributed by atoms with E-state index in [1.165, 1.54) is 70.6 Å². The van der Waals surface area contributed by atoms with Gasteiger partial charge in [0.15, 0.2) is 0 Å². The summed E-state index contributed by atoms with van der Waals surface area (Å²) in [6, 6.07) is 1.58. The van der Waals surface area contributed by atoms with Gasteiger partial charge in [-0.2, -0.15) is 0 Å². The Kier molecular flexibility index (Phi) is 6.01. The highest BCUT2D eigenvalue weighted by atomic mass is 14.9. The van der Waals surface area contributed by atoms with Crippen LogP contribution in [-0.2, 0) is 0 Å². The number of nitrogens with one attached hydrogen (secondary N) is 1. The standard InChI is InChI=1S/C17H33N/c1-3-4-5-6-8-14(2)18-17-10-7-9-16(13-17)15-11-12-15/h14-18H,3-13H2,1-2H3. The highest BCUT2D eigenvalue weighted by Gasteiger charge is 2.34. The molecule has 0 radical (unpaired) electrons. The van der Waals surface area contributed by atoms with Crippen molar-refractivity contribution in [2.45, 2.75) is 96.6 Å². The van der Waals surface area contributed by atoms with Crippen LogP contribution in [0.4, 0.5) is 0 Å². The van der Waals surface area contributed by atoms with Gasteiger partial charge in [0.2, 0.25) is 0 Å². The van der Waals surface area contributed by atoms with E-state index in [4.69, 9.17) is 0 Å². The molecule has 0 saturated heterocycles. The van der Waals surface area contributed by atoms with Crippen molar-refractivity contribution in [3.8, 4) is 0 Å². The first-order valence-corrected chi connectivity index (χ1v) is 8.55. The molecule has 0 aromatic heterocycles. The van der Waals surface area contributed by atoms with Crippen molar-refractivity contribution in [3.63, 3.8) is 0 Å². The Balaban J connectivity index is 1.59. The Morgan fingerprint density at radius 1 is 1.00 bits per heavy atom. The van der Waals surface area contributed by atoms with Crippen LogP contribution in [0.25, 0.3) is 0 Å². The van der Waals surface area contributed by atoms with E-state index in [1.54, 1.807) is 0 Å². The summed E-state index contributed by atoms with van der Waals surface area (Å²) >= 11 is 0. The third-order valence-corrected chi connectivity index (χ3v) is 5.01. The van der Waals surface area contributed by atoms with Gasteiger partial charge in [-0.25, -0.2) is 0 Å². The molecule has 0 bridgehead atoms. The first kappa shape index (κ1) is 14.4. The van der Waals surface area contributed by atoms with Crippen LogP contribution in [0.5, 0.6) is 0 Å². The van der Waals surface area contributed by atoms with Crippen LogP contribution in [0.3, 0.4) is 0 Å². The molecule has 2 rings (SSSR count). The van der Waals surface area contributed by atoms with E-state index in [-0.39, 0.29) is 0 Å². The van der Waals surface area contributed by atoms with Crippen LogP contribution in [0.2, 0.25) is 0 Å². The molecule has 0 heterocycles. The second-order valence-electron chi connectivity index (χ2n) is 6.88. The first-order valence-electron chi connectivity index (χ1n) is 8.55. The Labute approximate surface area is 114 Å². The van der Waals surface area contributed by atoms with Gasteiger partial charge in [0.05, 0.1) is 0 Å². The van der Waals surface area contributed by atoms with Gasteiger partial charge in [-0.1, -0.05) is 45.4 Å². The third-order valence-electron chi connectivity index (χ3n) is 5.01. The predicted molar refractivity (Wildman–Crippen MR) is 79.8 cm³/mol. The summed E-state index contributed by atoms with van der Waals surface area (Å²) in [7, 11) is 0. The molecule has 0 spiro atoms. The molecular weight excluding hydrogens is 218 g/mol. The van der Waals surface area contributed by atoms with Crippen molar-refractivity contribution in [1.29, 1.82) is 0 Å². The zero-order valence-corrected chi connectivity index (χ0v) is 12.6. The maximum Gasteiger partial charge on any atom is 0.00722 e. The van der Waals surface area contributed by atoms with Crippen molar-refractivity contribution in [3.05, 3.63) is 0 Å². The van der Waals surface area contributed by atoms with Crippen molar-refractivity contribution in [1.82, 2.24) is 5.32 Å². The van der Waals surface area contributed by atoms with E-state index in [0.29, 0.717) is 0 Å².